The van der Waals surface area contributed by atoms with Gasteiger partial charge >= 0.3 is 22.8 Å². The number of hydrogen-bond donors (Lipinski definition) is 3. The quantitative estimate of drug-likeness (QED) is 0.201. The fourth-order valence-electron chi connectivity index (χ4n) is 10.8. The molecule has 0 spiro atoms. The van der Waals surface area contributed by atoms with Crippen LogP contribution < -0.4 is 16.7 Å². The van der Waals surface area contributed by atoms with Gasteiger partial charge in [-0.1, -0.05) is 20.8 Å². The van der Waals surface area contributed by atoms with Gasteiger partial charge < -0.3 is 14.7 Å². The zero-order valence-electron chi connectivity index (χ0n) is 38.0. The second kappa shape index (κ2) is 15.9. The second-order valence-corrected chi connectivity index (χ2v) is 25.4. The summed E-state index contributed by atoms with van der Waals surface area (Å²) in [5, 5.41) is 0. The van der Waals surface area contributed by atoms with Crippen LogP contribution in [0.15, 0.2) is 0 Å². The molecule has 4 heterocycles. The second-order valence-electron chi connectivity index (χ2n) is 20.5. The maximum atomic E-state index is 14.5. The van der Waals surface area contributed by atoms with Crippen LogP contribution in [0.25, 0.3) is 0 Å². The Kier molecular flexibility index (Phi) is 13.7. The predicted molar refractivity (Wildman–Crippen MR) is 226 cm³/mol. The molecule has 0 radical (unpaired) electrons. The summed E-state index contributed by atoms with van der Waals surface area (Å²) in [5.41, 5.74) is -5.41. The Morgan fingerprint density at radius 2 is 0.684 bits per heavy atom. The minimum atomic E-state index is -5.08. The Bertz CT molecular complexity index is 1580. The van der Waals surface area contributed by atoms with Crippen molar-refractivity contribution in [3.8, 4) is 0 Å². The molecule has 3 aliphatic heterocycles. The minimum Gasteiger partial charge on any atom is -0.319 e. The molecular formula is C39H75N6O9P3. The van der Waals surface area contributed by atoms with Crippen molar-refractivity contribution in [1.29, 1.82) is 0 Å². The SMILES string of the molecule is CCC1C(OP(=O)(O)c2nc(P(=O)(O)OC3CC(C)(C)N(C)C(C)(C)C3CC)nc(P(=O)(O)OC3CC(C)(C)N(C)C(C)(C)C3CC)n2)CC(C)(C)N(C)C1(C)C. The van der Waals surface area contributed by atoms with Crippen LogP contribution in [0.5, 0.6) is 0 Å². The van der Waals surface area contributed by atoms with Crippen LogP contribution in [0.3, 0.4) is 0 Å². The van der Waals surface area contributed by atoms with Gasteiger partial charge in [0, 0.05) is 51.0 Å². The Morgan fingerprint density at radius 1 is 0.491 bits per heavy atom. The van der Waals surface area contributed by atoms with Gasteiger partial charge in [-0.05, 0) is 143 Å². The number of likely N-dealkylation sites (tertiary alicyclic amines) is 3. The van der Waals surface area contributed by atoms with Gasteiger partial charge in [-0.3, -0.25) is 42.0 Å². The van der Waals surface area contributed by atoms with Gasteiger partial charge in [0.15, 0.2) is 0 Å². The lowest BCUT2D eigenvalue weighted by Gasteiger charge is -2.57. The third-order valence-corrected chi connectivity index (χ3v) is 18.8. The van der Waals surface area contributed by atoms with Gasteiger partial charge in [-0.25, -0.2) is 0 Å². The first kappa shape index (κ1) is 49.0. The average Bonchev–Trinajstić information content (AvgIpc) is 3.04. The van der Waals surface area contributed by atoms with Gasteiger partial charge in [0.2, 0.25) is 16.7 Å². The van der Waals surface area contributed by atoms with E-state index in [2.05, 4.69) is 71.2 Å². The van der Waals surface area contributed by atoms with Gasteiger partial charge in [0.05, 0.1) is 18.3 Å². The molecule has 57 heavy (non-hydrogen) atoms. The van der Waals surface area contributed by atoms with Crippen LogP contribution in [0.4, 0.5) is 0 Å². The molecule has 18 heteroatoms. The number of piperidine rings is 3. The highest BCUT2D eigenvalue weighted by Gasteiger charge is 2.55. The van der Waals surface area contributed by atoms with E-state index in [1.165, 1.54) is 0 Å². The van der Waals surface area contributed by atoms with Crippen molar-refractivity contribution in [2.75, 3.05) is 21.1 Å². The number of aromatic nitrogens is 3. The molecule has 4 rings (SSSR count). The fourth-order valence-corrected chi connectivity index (χ4v) is 14.4. The molecule has 0 saturated carbocycles. The molecule has 3 N–H and O–H groups in total. The van der Waals surface area contributed by atoms with Gasteiger partial charge in [-0.15, -0.1) is 0 Å². The Hall–Kier alpha value is -0.660. The Balaban J connectivity index is 1.87. The molecule has 3 saturated heterocycles. The summed E-state index contributed by atoms with van der Waals surface area (Å²) < 4.78 is 61.9. The molecule has 9 atom stereocenters. The van der Waals surface area contributed by atoms with Crippen LogP contribution in [0.1, 0.15) is 142 Å². The van der Waals surface area contributed by atoms with E-state index in [0.717, 1.165) is 0 Å². The normalized spacial score (nSPS) is 34.5. The molecule has 3 aliphatic rings. The van der Waals surface area contributed by atoms with Gasteiger partial charge in [0.1, 0.15) is 0 Å². The van der Waals surface area contributed by atoms with E-state index in [1.54, 1.807) is 0 Å². The van der Waals surface area contributed by atoms with Crippen LogP contribution >= 0.6 is 22.8 Å². The summed E-state index contributed by atoms with van der Waals surface area (Å²) in [6.45, 7) is 30.5. The zero-order chi connectivity index (χ0) is 43.9. The average molecular weight is 865 g/mol. The molecular weight excluding hydrogens is 789 g/mol. The number of hydrogen-bond acceptors (Lipinski definition) is 12. The van der Waals surface area contributed by atoms with Gasteiger partial charge in [0.25, 0.3) is 0 Å². The fraction of sp³-hybridized carbons (Fsp3) is 0.923. The van der Waals surface area contributed by atoms with Gasteiger partial charge in [-0.2, -0.15) is 15.0 Å². The van der Waals surface area contributed by atoms with E-state index in [0.29, 0.717) is 38.5 Å². The zero-order valence-corrected chi connectivity index (χ0v) is 40.7. The maximum Gasteiger partial charge on any atom is 0.396 e. The molecule has 9 unspecified atom stereocenters. The van der Waals surface area contributed by atoms with Crippen LogP contribution in [0, 0.1) is 17.8 Å². The van der Waals surface area contributed by atoms with Crippen LogP contribution in [-0.4, -0.2) is 117 Å². The molecule has 330 valence electrons. The smallest absolute Gasteiger partial charge is 0.319 e. The summed E-state index contributed by atoms with van der Waals surface area (Å²) in [6.07, 6.45) is 0.728. The lowest BCUT2D eigenvalue weighted by Crippen LogP contribution is -2.65. The highest BCUT2D eigenvalue weighted by Crippen LogP contribution is 2.55. The van der Waals surface area contributed by atoms with Crippen LogP contribution in [-0.2, 0) is 27.3 Å². The first-order valence-corrected chi connectivity index (χ1v) is 25.3. The highest BCUT2D eigenvalue weighted by molar-refractivity contribution is 7.63. The molecule has 0 aromatic carbocycles. The third kappa shape index (κ3) is 9.13. The first-order chi connectivity index (χ1) is 25.6. The Labute approximate surface area is 343 Å². The summed E-state index contributed by atoms with van der Waals surface area (Å²) in [4.78, 5) is 54.5. The van der Waals surface area contributed by atoms with E-state index in [1.807, 2.05) is 83.5 Å². The number of rotatable bonds is 12. The van der Waals surface area contributed by atoms with Crippen LogP contribution in [0.2, 0.25) is 0 Å². The maximum absolute atomic E-state index is 14.5. The molecule has 0 bridgehead atoms. The van der Waals surface area contributed by atoms with E-state index < -0.39 is 91.0 Å². The first-order valence-electron chi connectivity index (χ1n) is 20.6. The molecule has 0 aliphatic carbocycles. The van der Waals surface area contributed by atoms with Crippen molar-refractivity contribution >= 4 is 39.5 Å². The topological polar surface area (TPSA) is 188 Å². The predicted octanol–water partition coefficient (Wildman–Crippen LogP) is 6.22. The van der Waals surface area contributed by atoms with E-state index in [9.17, 15) is 28.4 Å². The monoisotopic (exact) mass is 864 g/mol. The number of nitrogens with zero attached hydrogens (tertiary/aromatic N) is 6. The lowest BCUT2D eigenvalue weighted by molar-refractivity contribution is -0.105. The molecule has 0 amide bonds. The molecule has 1 aromatic rings. The minimum absolute atomic E-state index is 0.208. The van der Waals surface area contributed by atoms with Crippen molar-refractivity contribution in [3.05, 3.63) is 0 Å². The highest BCUT2D eigenvalue weighted by atomic mass is 31.2. The van der Waals surface area contributed by atoms with Crippen molar-refractivity contribution in [2.24, 2.45) is 17.8 Å². The van der Waals surface area contributed by atoms with E-state index >= 15 is 0 Å². The molecule has 3 fully saturated rings. The summed E-state index contributed by atoms with van der Waals surface area (Å²) in [5.74, 6) is -0.623. The third-order valence-electron chi connectivity index (χ3n) is 15.0. The summed E-state index contributed by atoms with van der Waals surface area (Å²) >= 11 is 0. The van der Waals surface area contributed by atoms with E-state index in [-0.39, 0.29) is 17.8 Å². The molecule has 15 nitrogen and oxygen atoms in total. The summed E-state index contributed by atoms with van der Waals surface area (Å²) in [7, 11) is -9.18. The van der Waals surface area contributed by atoms with Crippen molar-refractivity contribution < 1.29 is 41.9 Å². The largest absolute Gasteiger partial charge is 0.396 e. The molecule has 1 aromatic heterocycles. The van der Waals surface area contributed by atoms with Crippen molar-refractivity contribution in [1.82, 2.24) is 29.7 Å². The summed E-state index contributed by atoms with van der Waals surface area (Å²) in [6, 6.07) is 0. The van der Waals surface area contributed by atoms with E-state index in [4.69, 9.17) is 13.6 Å². The van der Waals surface area contributed by atoms with Crippen molar-refractivity contribution in [3.63, 3.8) is 0 Å². The lowest BCUT2D eigenvalue weighted by atomic mass is 9.70. The Morgan fingerprint density at radius 3 is 0.860 bits per heavy atom. The standard InChI is InChI=1S/C39H75N6O9P3/c1-19-25-28(22-34(4,5)43(16)37(25,10)11)52-55(46,47)31-40-32(56(48,49)53-29-23-35(6,7)44(17)38(12,13)26(29)20-2)42-33(41-31)57(50,51)54-30-24-36(8,9)45(18)39(14,15)27(30)21-3/h25-30H,19-24H2,1-18H3,(H,46,47)(H,48,49)(H,50,51). The van der Waals surface area contributed by atoms with Crippen molar-refractivity contribution in [2.45, 2.75) is 194 Å².